The van der Waals surface area contributed by atoms with Crippen molar-refractivity contribution in [3.8, 4) is 0 Å². The van der Waals surface area contributed by atoms with Crippen LogP contribution in [0.2, 0.25) is 0 Å². The topological polar surface area (TPSA) is 74.7 Å². The highest BCUT2D eigenvalue weighted by molar-refractivity contribution is 9.10. The summed E-state index contributed by atoms with van der Waals surface area (Å²) in [6.45, 7) is -0.555. The smallest absolute Gasteiger partial charge is 0.323 e. The Hall–Kier alpha value is -1.69. The van der Waals surface area contributed by atoms with Gasteiger partial charge in [-0.1, -0.05) is 34.1 Å². The second-order valence-corrected chi connectivity index (χ2v) is 5.25. The molecule has 0 radical (unpaired) electrons. The number of nitrogens with zero attached hydrogens (tertiary/aromatic N) is 1. The SMILES string of the molecule is O=C(O)CN1C(=O)CC(c2ccccc2Br)CC1=O. The lowest BCUT2D eigenvalue weighted by molar-refractivity contribution is -0.155. The van der Waals surface area contributed by atoms with E-state index in [0.29, 0.717) is 0 Å². The molecule has 1 aromatic carbocycles. The number of rotatable bonds is 3. The van der Waals surface area contributed by atoms with Crippen LogP contribution in [0.5, 0.6) is 0 Å². The van der Waals surface area contributed by atoms with Gasteiger partial charge in [-0.15, -0.1) is 0 Å². The zero-order valence-corrected chi connectivity index (χ0v) is 11.6. The first-order valence-corrected chi connectivity index (χ1v) is 6.57. The minimum Gasteiger partial charge on any atom is -0.480 e. The van der Waals surface area contributed by atoms with E-state index >= 15 is 0 Å². The van der Waals surface area contributed by atoms with Crippen LogP contribution in [0.25, 0.3) is 0 Å². The van der Waals surface area contributed by atoms with Gasteiger partial charge in [0, 0.05) is 23.2 Å². The number of carbonyl (C=O) groups is 3. The third-order valence-corrected chi connectivity index (χ3v) is 3.80. The fraction of sp³-hybridized carbons (Fsp3) is 0.308. The number of imide groups is 1. The highest BCUT2D eigenvalue weighted by Gasteiger charge is 2.34. The number of carboxylic acid groups (broad SMARTS) is 1. The first-order chi connectivity index (χ1) is 8.99. The number of likely N-dealkylation sites (tertiary alicyclic amines) is 1. The zero-order valence-electron chi connectivity index (χ0n) is 10.0. The summed E-state index contributed by atoms with van der Waals surface area (Å²) >= 11 is 3.40. The van der Waals surface area contributed by atoms with Crippen molar-refractivity contribution in [3.05, 3.63) is 34.3 Å². The van der Waals surface area contributed by atoms with Crippen LogP contribution in [-0.4, -0.2) is 34.3 Å². The van der Waals surface area contributed by atoms with Gasteiger partial charge in [0.1, 0.15) is 6.54 Å². The molecule has 5 nitrogen and oxygen atoms in total. The van der Waals surface area contributed by atoms with E-state index in [1.807, 2.05) is 24.3 Å². The summed E-state index contributed by atoms with van der Waals surface area (Å²) in [5.41, 5.74) is 0.902. The summed E-state index contributed by atoms with van der Waals surface area (Å²) < 4.78 is 0.854. The van der Waals surface area contributed by atoms with E-state index in [0.717, 1.165) is 14.9 Å². The van der Waals surface area contributed by atoms with E-state index in [1.165, 1.54) is 0 Å². The van der Waals surface area contributed by atoms with E-state index in [2.05, 4.69) is 15.9 Å². The maximum atomic E-state index is 11.9. The largest absolute Gasteiger partial charge is 0.480 e. The molecule has 0 bridgehead atoms. The van der Waals surface area contributed by atoms with Gasteiger partial charge in [0.15, 0.2) is 0 Å². The molecule has 100 valence electrons. The number of benzene rings is 1. The van der Waals surface area contributed by atoms with Crippen LogP contribution in [-0.2, 0) is 14.4 Å². The van der Waals surface area contributed by atoms with Crippen LogP contribution >= 0.6 is 15.9 Å². The first-order valence-electron chi connectivity index (χ1n) is 5.78. The van der Waals surface area contributed by atoms with E-state index in [9.17, 15) is 14.4 Å². The lowest BCUT2D eigenvalue weighted by Crippen LogP contribution is -2.45. The molecule has 1 aliphatic heterocycles. The molecular formula is C13H12BrNO4. The first kappa shape index (κ1) is 13.7. The summed E-state index contributed by atoms with van der Waals surface area (Å²) in [6, 6.07) is 7.42. The number of halogens is 1. The maximum Gasteiger partial charge on any atom is 0.323 e. The fourth-order valence-corrected chi connectivity index (χ4v) is 2.80. The van der Waals surface area contributed by atoms with E-state index < -0.39 is 24.3 Å². The molecule has 1 aromatic rings. The fourth-order valence-electron chi connectivity index (χ4n) is 2.19. The summed E-state index contributed by atoms with van der Waals surface area (Å²) in [4.78, 5) is 35.1. The normalized spacial score (nSPS) is 16.8. The third-order valence-electron chi connectivity index (χ3n) is 3.08. The van der Waals surface area contributed by atoms with Crippen molar-refractivity contribution in [1.29, 1.82) is 0 Å². The Bertz CT molecular complexity index is 525. The van der Waals surface area contributed by atoms with E-state index in [4.69, 9.17) is 5.11 Å². The Balaban J connectivity index is 2.18. The lowest BCUT2D eigenvalue weighted by atomic mass is 9.88. The summed E-state index contributed by atoms with van der Waals surface area (Å²) in [6.07, 6.45) is 0.309. The number of hydrogen-bond donors (Lipinski definition) is 1. The molecular weight excluding hydrogens is 314 g/mol. The molecule has 0 aliphatic carbocycles. The highest BCUT2D eigenvalue weighted by Crippen LogP contribution is 2.33. The van der Waals surface area contributed by atoms with Crippen LogP contribution in [0, 0.1) is 0 Å². The van der Waals surface area contributed by atoms with Crippen LogP contribution in [0.4, 0.5) is 0 Å². The monoisotopic (exact) mass is 325 g/mol. The van der Waals surface area contributed by atoms with Crippen LogP contribution < -0.4 is 0 Å². The summed E-state index contributed by atoms with van der Waals surface area (Å²) in [5.74, 6) is -2.24. The van der Waals surface area contributed by atoms with Crippen molar-refractivity contribution in [2.45, 2.75) is 18.8 Å². The van der Waals surface area contributed by atoms with Gasteiger partial charge in [-0.25, -0.2) is 0 Å². The summed E-state index contributed by atoms with van der Waals surface area (Å²) in [5, 5.41) is 8.67. The number of hydrogen-bond acceptors (Lipinski definition) is 3. The molecule has 0 saturated carbocycles. The number of carbonyl (C=O) groups excluding carboxylic acids is 2. The standard InChI is InChI=1S/C13H12BrNO4/c14-10-4-2-1-3-9(10)8-5-11(16)15(7-13(18)19)12(17)6-8/h1-4,8H,5-7H2,(H,18,19). The van der Waals surface area contributed by atoms with Crippen molar-refractivity contribution in [2.75, 3.05) is 6.54 Å². The zero-order chi connectivity index (χ0) is 14.0. The second kappa shape index (κ2) is 5.52. The molecule has 1 fully saturated rings. The number of piperidine rings is 1. The average Bonchev–Trinajstić information content (AvgIpc) is 2.34. The molecule has 2 rings (SSSR count). The van der Waals surface area contributed by atoms with Crippen LogP contribution in [0.3, 0.4) is 0 Å². The van der Waals surface area contributed by atoms with Crippen molar-refractivity contribution in [1.82, 2.24) is 4.90 Å². The van der Waals surface area contributed by atoms with Gasteiger partial charge >= 0.3 is 5.97 Å². The Morgan fingerprint density at radius 3 is 2.37 bits per heavy atom. The molecule has 2 amide bonds. The minimum atomic E-state index is -1.18. The van der Waals surface area contributed by atoms with Crippen LogP contribution in [0.15, 0.2) is 28.7 Å². The number of carboxylic acids is 1. The average molecular weight is 326 g/mol. The molecule has 1 saturated heterocycles. The predicted octanol–water partition coefficient (Wildman–Crippen LogP) is 1.77. The summed E-state index contributed by atoms with van der Waals surface area (Å²) in [7, 11) is 0. The molecule has 1 N–H and O–H groups in total. The van der Waals surface area contributed by atoms with Crippen molar-refractivity contribution in [3.63, 3.8) is 0 Å². The molecule has 1 heterocycles. The molecule has 0 unspecified atom stereocenters. The Morgan fingerprint density at radius 1 is 1.26 bits per heavy atom. The molecule has 19 heavy (non-hydrogen) atoms. The Morgan fingerprint density at radius 2 is 1.84 bits per heavy atom. The van der Waals surface area contributed by atoms with Crippen LogP contribution in [0.1, 0.15) is 24.3 Å². The molecule has 0 spiro atoms. The van der Waals surface area contributed by atoms with Crippen molar-refractivity contribution in [2.24, 2.45) is 0 Å². The number of aliphatic carboxylic acids is 1. The Kier molecular flexibility index (Phi) is 3.99. The van der Waals surface area contributed by atoms with Gasteiger partial charge in [0.25, 0.3) is 0 Å². The minimum absolute atomic E-state index is 0.154. The van der Waals surface area contributed by atoms with Crippen molar-refractivity contribution < 1.29 is 19.5 Å². The van der Waals surface area contributed by atoms with Gasteiger partial charge < -0.3 is 5.11 Å². The second-order valence-electron chi connectivity index (χ2n) is 4.39. The predicted molar refractivity (Wildman–Crippen MR) is 70.5 cm³/mol. The van der Waals surface area contributed by atoms with Gasteiger partial charge in [-0.3, -0.25) is 19.3 Å². The molecule has 0 atom stereocenters. The maximum absolute atomic E-state index is 11.9. The molecule has 6 heteroatoms. The van der Waals surface area contributed by atoms with Gasteiger partial charge in [0.05, 0.1) is 0 Å². The number of amides is 2. The molecule has 0 aromatic heterocycles. The highest BCUT2D eigenvalue weighted by atomic mass is 79.9. The van der Waals surface area contributed by atoms with Gasteiger partial charge in [-0.2, -0.15) is 0 Å². The van der Waals surface area contributed by atoms with Crippen molar-refractivity contribution >= 4 is 33.7 Å². The lowest BCUT2D eigenvalue weighted by Gasteiger charge is -2.29. The molecule has 1 aliphatic rings. The quantitative estimate of drug-likeness (QED) is 0.859. The van der Waals surface area contributed by atoms with E-state index in [-0.39, 0.29) is 18.8 Å². The van der Waals surface area contributed by atoms with Gasteiger partial charge in [-0.05, 0) is 11.6 Å². The third kappa shape index (κ3) is 3.01. The van der Waals surface area contributed by atoms with Gasteiger partial charge in [0.2, 0.25) is 11.8 Å². The van der Waals surface area contributed by atoms with E-state index in [1.54, 1.807) is 0 Å². The Labute approximate surface area is 118 Å².